The van der Waals surface area contributed by atoms with Crippen molar-refractivity contribution in [3.63, 3.8) is 0 Å². The van der Waals surface area contributed by atoms with E-state index in [0.29, 0.717) is 6.42 Å². The minimum Gasteiger partial charge on any atom is -0.303 e. The number of carbonyl (C=O) groups excluding carboxylic acids is 1. The Bertz CT molecular complexity index is 510. The molecule has 0 radical (unpaired) electrons. The van der Waals surface area contributed by atoms with Gasteiger partial charge in [-0.2, -0.15) is 0 Å². The van der Waals surface area contributed by atoms with E-state index in [-0.39, 0.29) is 0 Å². The molecule has 1 aromatic carbocycles. The molecule has 0 aromatic heterocycles. The van der Waals surface area contributed by atoms with Crippen molar-refractivity contribution in [2.75, 3.05) is 6.26 Å². The van der Waals surface area contributed by atoms with Crippen LogP contribution in [0.4, 0.5) is 0 Å². The minimum absolute atomic E-state index is 0.510. The molecule has 0 heterocycles. The van der Waals surface area contributed by atoms with E-state index in [1.54, 1.807) is 0 Å². The van der Waals surface area contributed by atoms with Crippen LogP contribution in [0.3, 0.4) is 0 Å². The van der Waals surface area contributed by atoms with E-state index in [0.717, 1.165) is 36.7 Å². The summed E-state index contributed by atoms with van der Waals surface area (Å²) >= 11 is 0. The van der Waals surface area contributed by atoms with Crippen LogP contribution in [-0.2, 0) is 25.8 Å². The molecule has 0 saturated heterocycles. The summed E-state index contributed by atoms with van der Waals surface area (Å²) in [4.78, 5) is 10.3. The first kappa shape index (κ1) is 12.3. The number of sulfone groups is 1. The van der Waals surface area contributed by atoms with Crippen molar-refractivity contribution in [1.29, 1.82) is 0 Å². The van der Waals surface area contributed by atoms with E-state index in [4.69, 9.17) is 0 Å². The fourth-order valence-electron chi connectivity index (χ4n) is 2.19. The zero-order valence-electron chi connectivity index (χ0n) is 9.85. The van der Waals surface area contributed by atoms with Gasteiger partial charge in [-0.05, 0) is 30.4 Å². The van der Waals surface area contributed by atoms with Crippen molar-refractivity contribution in [3.8, 4) is 0 Å². The van der Waals surface area contributed by atoms with Gasteiger partial charge >= 0.3 is 0 Å². The van der Waals surface area contributed by atoms with E-state index in [1.807, 2.05) is 24.3 Å². The molecule has 2 rings (SSSR count). The molecule has 0 aliphatic heterocycles. The zero-order valence-corrected chi connectivity index (χ0v) is 10.7. The molecule has 0 N–H and O–H groups in total. The predicted molar refractivity (Wildman–Crippen MR) is 66.6 cm³/mol. The summed E-state index contributed by atoms with van der Waals surface area (Å²) in [5.41, 5.74) is 1.96. The van der Waals surface area contributed by atoms with Gasteiger partial charge in [0, 0.05) is 12.7 Å². The number of aldehydes is 1. The van der Waals surface area contributed by atoms with Crippen molar-refractivity contribution >= 4 is 16.1 Å². The fraction of sp³-hybridized carbons (Fsp3) is 0.462. The lowest BCUT2D eigenvalue weighted by Gasteiger charge is -2.13. The molecule has 0 amide bonds. The number of carbonyl (C=O) groups is 1. The molecule has 1 saturated carbocycles. The topological polar surface area (TPSA) is 51.2 Å². The van der Waals surface area contributed by atoms with Gasteiger partial charge in [-0.1, -0.05) is 24.3 Å². The molecule has 4 heteroatoms. The van der Waals surface area contributed by atoms with Crippen LogP contribution in [-0.4, -0.2) is 21.0 Å². The molecule has 0 atom stereocenters. The molecule has 17 heavy (non-hydrogen) atoms. The largest absolute Gasteiger partial charge is 0.303 e. The summed E-state index contributed by atoms with van der Waals surface area (Å²) in [6.45, 7) is 0. The Hall–Kier alpha value is -1.16. The molecular weight excluding hydrogens is 236 g/mol. The molecule has 0 spiro atoms. The minimum atomic E-state index is -3.03. The summed E-state index contributed by atoms with van der Waals surface area (Å²) < 4.78 is 22.8. The highest BCUT2D eigenvalue weighted by molar-refractivity contribution is 7.92. The molecule has 3 nitrogen and oxygen atoms in total. The van der Waals surface area contributed by atoms with E-state index >= 15 is 0 Å². The van der Waals surface area contributed by atoms with Gasteiger partial charge in [0.15, 0.2) is 9.84 Å². The van der Waals surface area contributed by atoms with Crippen molar-refractivity contribution in [1.82, 2.24) is 0 Å². The SMILES string of the molecule is CS(=O)(=O)C1(c2ccc(CCC=O)cc2)CC1. The summed E-state index contributed by atoms with van der Waals surface area (Å²) in [5.74, 6) is 0. The third-order valence-electron chi connectivity index (χ3n) is 3.44. The van der Waals surface area contributed by atoms with Crippen LogP contribution in [0.1, 0.15) is 30.4 Å². The van der Waals surface area contributed by atoms with Crippen LogP contribution in [0.15, 0.2) is 24.3 Å². The summed E-state index contributed by atoms with van der Waals surface area (Å²) in [5, 5.41) is 0. The van der Waals surface area contributed by atoms with Crippen molar-refractivity contribution in [2.24, 2.45) is 0 Å². The third-order valence-corrected chi connectivity index (χ3v) is 5.51. The molecular formula is C13H16O3S. The summed E-state index contributed by atoms with van der Waals surface area (Å²) in [6, 6.07) is 7.61. The van der Waals surface area contributed by atoms with E-state index in [2.05, 4.69) is 0 Å². The van der Waals surface area contributed by atoms with Gasteiger partial charge in [0.05, 0.1) is 4.75 Å². The molecule has 1 aliphatic carbocycles. The Balaban J connectivity index is 2.22. The van der Waals surface area contributed by atoms with Crippen molar-refractivity contribution in [3.05, 3.63) is 35.4 Å². The van der Waals surface area contributed by atoms with Gasteiger partial charge in [0.25, 0.3) is 0 Å². The monoisotopic (exact) mass is 252 g/mol. The fourth-order valence-corrected chi connectivity index (χ4v) is 3.60. The molecule has 1 aromatic rings. The molecule has 1 fully saturated rings. The van der Waals surface area contributed by atoms with Crippen LogP contribution in [0, 0.1) is 0 Å². The highest BCUT2D eigenvalue weighted by Crippen LogP contribution is 2.52. The average molecular weight is 252 g/mol. The molecule has 1 aliphatic rings. The lowest BCUT2D eigenvalue weighted by atomic mass is 10.0. The first-order chi connectivity index (χ1) is 7.99. The summed E-state index contributed by atoms with van der Waals surface area (Å²) in [7, 11) is -3.03. The molecule has 0 bridgehead atoms. The Morgan fingerprint density at radius 1 is 1.24 bits per heavy atom. The van der Waals surface area contributed by atoms with Gasteiger partial charge in [-0.25, -0.2) is 8.42 Å². The zero-order chi connectivity index (χ0) is 12.5. The van der Waals surface area contributed by atoms with Crippen molar-refractivity contribution in [2.45, 2.75) is 30.4 Å². The maximum absolute atomic E-state index is 11.7. The standard InChI is InChI=1S/C13H16O3S/c1-17(15,16)13(8-9-13)12-6-4-11(5-7-12)3-2-10-14/h4-7,10H,2-3,8-9H2,1H3. The van der Waals surface area contributed by atoms with Gasteiger partial charge in [0.2, 0.25) is 0 Å². The second kappa shape index (κ2) is 4.26. The quantitative estimate of drug-likeness (QED) is 0.751. The number of aryl methyl sites for hydroxylation is 1. The lowest BCUT2D eigenvalue weighted by Crippen LogP contribution is -2.19. The van der Waals surface area contributed by atoms with Crippen LogP contribution in [0.2, 0.25) is 0 Å². The Morgan fingerprint density at radius 2 is 1.82 bits per heavy atom. The lowest BCUT2D eigenvalue weighted by molar-refractivity contribution is -0.107. The number of hydrogen-bond acceptors (Lipinski definition) is 3. The summed E-state index contributed by atoms with van der Waals surface area (Å²) in [6.07, 6.45) is 4.87. The average Bonchev–Trinajstić information content (AvgIpc) is 3.07. The Labute approximate surface area is 102 Å². The van der Waals surface area contributed by atoms with Crippen LogP contribution >= 0.6 is 0 Å². The molecule has 0 unspecified atom stereocenters. The number of hydrogen-bond donors (Lipinski definition) is 0. The van der Waals surface area contributed by atoms with E-state index in [9.17, 15) is 13.2 Å². The predicted octanol–water partition coefficient (Wildman–Crippen LogP) is 1.85. The maximum atomic E-state index is 11.7. The third kappa shape index (κ3) is 2.27. The number of benzene rings is 1. The maximum Gasteiger partial charge on any atom is 0.157 e. The van der Waals surface area contributed by atoms with Crippen LogP contribution in [0.25, 0.3) is 0 Å². The highest BCUT2D eigenvalue weighted by atomic mass is 32.2. The van der Waals surface area contributed by atoms with Gasteiger partial charge < -0.3 is 4.79 Å². The van der Waals surface area contributed by atoms with E-state index in [1.165, 1.54) is 6.26 Å². The second-order valence-corrected chi connectivity index (χ2v) is 6.99. The Kier molecular flexibility index (Phi) is 3.08. The van der Waals surface area contributed by atoms with Gasteiger partial charge in [-0.15, -0.1) is 0 Å². The van der Waals surface area contributed by atoms with Crippen molar-refractivity contribution < 1.29 is 13.2 Å². The van der Waals surface area contributed by atoms with Crippen LogP contribution < -0.4 is 0 Å². The second-order valence-electron chi connectivity index (χ2n) is 4.67. The first-order valence-electron chi connectivity index (χ1n) is 5.72. The Morgan fingerprint density at radius 3 is 2.24 bits per heavy atom. The van der Waals surface area contributed by atoms with E-state index < -0.39 is 14.6 Å². The number of rotatable bonds is 5. The van der Waals surface area contributed by atoms with Crippen LogP contribution in [0.5, 0.6) is 0 Å². The highest BCUT2D eigenvalue weighted by Gasteiger charge is 2.53. The molecule has 92 valence electrons. The smallest absolute Gasteiger partial charge is 0.157 e. The first-order valence-corrected chi connectivity index (χ1v) is 7.61. The van der Waals surface area contributed by atoms with Gasteiger partial charge in [-0.3, -0.25) is 0 Å². The van der Waals surface area contributed by atoms with Gasteiger partial charge in [0.1, 0.15) is 6.29 Å². The normalized spacial score (nSPS) is 17.7.